The summed E-state index contributed by atoms with van der Waals surface area (Å²) in [4.78, 5) is 7.86. The summed E-state index contributed by atoms with van der Waals surface area (Å²) in [5.74, 6) is -0.228. The molecule has 2 aromatic rings. The van der Waals surface area contributed by atoms with Gasteiger partial charge < -0.3 is 0 Å². The third-order valence-electron chi connectivity index (χ3n) is 1.92. The van der Waals surface area contributed by atoms with Gasteiger partial charge in [0, 0.05) is 6.20 Å². The van der Waals surface area contributed by atoms with Crippen LogP contribution in [0.1, 0.15) is 11.3 Å². The first-order chi connectivity index (χ1) is 7.34. The standard InChI is InChI=1S/C12H9FN2/c13-11-4-1-10(2-5-11)3-6-12-7-8-14-9-15-12/h1-9H. The molecule has 2 nitrogen and oxygen atoms in total. The lowest BCUT2D eigenvalue weighted by atomic mass is 10.2. The van der Waals surface area contributed by atoms with E-state index in [2.05, 4.69) is 9.97 Å². The van der Waals surface area contributed by atoms with E-state index in [1.54, 1.807) is 24.4 Å². The summed E-state index contributed by atoms with van der Waals surface area (Å²) in [5, 5.41) is 0. The third-order valence-corrected chi connectivity index (χ3v) is 1.92. The molecule has 0 aliphatic rings. The van der Waals surface area contributed by atoms with E-state index in [0.29, 0.717) is 0 Å². The first-order valence-electron chi connectivity index (χ1n) is 4.54. The molecule has 3 heteroatoms. The highest BCUT2D eigenvalue weighted by molar-refractivity contribution is 5.67. The topological polar surface area (TPSA) is 25.8 Å². The lowest BCUT2D eigenvalue weighted by molar-refractivity contribution is 0.628. The zero-order chi connectivity index (χ0) is 10.5. The van der Waals surface area contributed by atoms with Crippen molar-refractivity contribution in [2.24, 2.45) is 0 Å². The largest absolute Gasteiger partial charge is 0.245 e. The molecule has 0 saturated heterocycles. The first kappa shape index (κ1) is 9.52. The molecular formula is C12H9FN2. The van der Waals surface area contributed by atoms with Crippen molar-refractivity contribution in [1.29, 1.82) is 0 Å². The summed E-state index contributed by atoms with van der Waals surface area (Å²) in [6, 6.07) is 8.10. The number of hydrogen-bond donors (Lipinski definition) is 0. The van der Waals surface area contributed by atoms with E-state index in [1.807, 2.05) is 12.2 Å². The highest BCUT2D eigenvalue weighted by atomic mass is 19.1. The van der Waals surface area contributed by atoms with Crippen LogP contribution in [-0.2, 0) is 0 Å². The Kier molecular flexibility index (Phi) is 2.83. The number of benzene rings is 1. The minimum absolute atomic E-state index is 0.228. The molecule has 1 aromatic heterocycles. The summed E-state index contributed by atoms with van der Waals surface area (Å²) >= 11 is 0. The van der Waals surface area contributed by atoms with Crippen molar-refractivity contribution in [2.45, 2.75) is 0 Å². The van der Waals surface area contributed by atoms with Crippen LogP contribution in [0.15, 0.2) is 42.9 Å². The first-order valence-corrected chi connectivity index (χ1v) is 4.54. The van der Waals surface area contributed by atoms with Gasteiger partial charge in [-0.25, -0.2) is 14.4 Å². The third kappa shape index (κ3) is 2.71. The van der Waals surface area contributed by atoms with Crippen LogP contribution in [0.4, 0.5) is 4.39 Å². The highest BCUT2D eigenvalue weighted by Crippen LogP contribution is 2.06. The Labute approximate surface area is 87.1 Å². The van der Waals surface area contributed by atoms with Gasteiger partial charge in [-0.2, -0.15) is 0 Å². The summed E-state index contributed by atoms with van der Waals surface area (Å²) < 4.78 is 12.6. The second-order valence-corrected chi connectivity index (χ2v) is 3.02. The van der Waals surface area contributed by atoms with E-state index in [1.165, 1.54) is 18.5 Å². The minimum atomic E-state index is -0.228. The van der Waals surface area contributed by atoms with Gasteiger partial charge in [-0.05, 0) is 29.8 Å². The summed E-state index contributed by atoms with van der Waals surface area (Å²) in [6.45, 7) is 0. The Hall–Kier alpha value is -2.03. The van der Waals surface area contributed by atoms with E-state index < -0.39 is 0 Å². The van der Waals surface area contributed by atoms with Crippen molar-refractivity contribution in [3.63, 3.8) is 0 Å². The van der Waals surface area contributed by atoms with E-state index >= 15 is 0 Å². The van der Waals surface area contributed by atoms with Crippen molar-refractivity contribution in [3.8, 4) is 0 Å². The Morgan fingerprint density at radius 2 is 1.80 bits per heavy atom. The van der Waals surface area contributed by atoms with Crippen LogP contribution in [0.2, 0.25) is 0 Å². The van der Waals surface area contributed by atoms with Gasteiger partial charge in [-0.15, -0.1) is 0 Å². The van der Waals surface area contributed by atoms with E-state index in [0.717, 1.165) is 11.3 Å². The molecule has 0 aliphatic carbocycles. The van der Waals surface area contributed by atoms with Crippen LogP contribution in [0, 0.1) is 5.82 Å². The van der Waals surface area contributed by atoms with Gasteiger partial charge in [0.15, 0.2) is 0 Å². The smallest absolute Gasteiger partial charge is 0.123 e. The molecule has 0 amide bonds. The van der Waals surface area contributed by atoms with Crippen molar-refractivity contribution in [1.82, 2.24) is 9.97 Å². The van der Waals surface area contributed by atoms with E-state index in [9.17, 15) is 4.39 Å². The fourth-order valence-corrected chi connectivity index (χ4v) is 1.16. The fraction of sp³-hybridized carbons (Fsp3) is 0. The molecule has 0 bridgehead atoms. The summed E-state index contributed by atoms with van der Waals surface area (Å²) in [5.41, 5.74) is 1.77. The van der Waals surface area contributed by atoms with Crippen molar-refractivity contribution in [3.05, 3.63) is 59.9 Å². The van der Waals surface area contributed by atoms with Crippen LogP contribution in [0.5, 0.6) is 0 Å². The molecule has 0 atom stereocenters. The molecule has 0 N–H and O–H groups in total. The second-order valence-electron chi connectivity index (χ2n) is 3.02. The molecule has 0 spiro atoms. The molecule has 1 heterocycles. The maximum Gasteiger partial charge on any atom is 0.123 e. The van der Waals surface area contributed by atoms with Gasteiger partial charge in [0.1, 0.15) is 12.1 Å². The summed E-state index contributed by atoms with van der Waals surface area (Å²) in [7, 11) is 0. The Morgan fingerprint density at radius 3 is 2.47 bits per heavy atom. The molecule has 0 radical (unpaired) electrons. The highest BCUT2D eigenvalue weighted by Gasteiger charge is 1.89. The summed E-state index contributed by atoms with van der Waals surface area (Å²) in [6.07, 6.45) is 6.90. The molecule has 15 heavy (non-hydrogen) atoms. The number of rotatable bonds is 2. The number of hydrogen-bond acceptors (Lipinski definition) is 2. The van der Waals surface area contributed by atoms with Gasteiger partial charge >= 0.3 is 0 Å². The number of nitrogens with zero attached hydrogens (tertiary/aromatic N) is 2. The van der Waals surface area contributed by atoms with Crippen molar-refractivity contribution < 1.29 is 4.39 Å². The lowest BCUT2D eigenvalue weighted by Gasteiger charge is -1.93. The lowest BCUT2D eigenvalue weighted by Crippen LogP contribution is -1.80. The molecule has 0 fully saturated rings. The maximum absolute atomic E-state index is 12.6. The Balaban J connectivity index is 2.15. The van der Waals surface area contributed by atoms with Gasteiger partial charge in [0.25, 0.3) is 0 Å². The van der Waals surface area contributed by atoms with Crippen molar-refractivity contribution >= 4 is 12.2 Å². The van der Waals surface area contributed by atoms with Crippen LogP contribution >= 0.6 is 0 Å². The van der Waals surface area contributed by atoms with Crippen LogP contribution in [-0.4, -0.2) is 9.97 Å². The average Bonchev–Trinajstić information content (AvgIpc) is 2.30. The van der Waals surface area contributed by atoms with Gasteiger partial charge in [0.2, 0.25) is 0 Å². The molecule has 0 saturated carbocycles. The van der Waals surface area contributed by atoms with Gasteiger partial charge in [0.05, 0.1) is 5.69 Å². The zero-order valence-corrected chi connectivity index (χ0v) is 7.97. The zero-order valence-electron chi connectivity index (χ0n) is 7.97. The number of halogens is 1. The Morgan fingerprint density at radius 1 is 1.00 bits per heavy atom. The van der Waals surface area contributed by atoms with Crippen molar-refractivity contribution in [2.75, 3.05) is 0 Å². The number of aromatic nitrogens is 2. The Bertz CT molecular complexity index is 449. The molecule has 0 unspecified atom stereocenters. The molecule has 74 valence electrons. The van der Waals surface area contributed by atoms with E-state index in [-0.39, 0.29) is 5.82 Å². The van der Waals surface area contributed by atoms with Crippen LogP contribution < -0.4 is 0 Å². The molecular weight excluding hydrogens is 191 g/mol. The van der Waals surface area contributed by atoms with Crippen LogP contribution in [0.25, 0.3) is 12.2 Å². The van der Waals surface area contributed by atoms with Crippen LogP contribution in [0.3, 0.4) is 0 Å². The monoisotopic (exact) mass is 200 g/mol. The quantitative estimate of drug-likeness (QED) is 0.744. The van der Waals surface area contributed by atoms with E-state index in [4.69, 9.17) is 0 Å². The minimum Gasteiger partial charge on any atom is -0.245 e. The molecule has 0 aliphatic heterocycles. The molecule has 1 aromatic carbocycles. The predicted molar refractivity (Wildman–Crippen MR) is 57.4 cm³/mol. The fourth-order valence-electron chi connectivity index (χ4n) is 1.16. The average molecular weight is 200 g/mol. The second kappa shape index (κ2) is 4.46. The van der Waals surface area contributed by atoms with Gasteiger partial charge in [-0.3, -0.25) is 0 Å². The normalized spacial score (nSPS) is 10.7. The maximum atomic E-state index is 12.6. The van der Waals surface area contributed by atoms with Gasteiger partial charge in [-0.1, -0.05) is 18.2 Å². The molecule has 2 rings (SSSR count). The predicted octanol–water partition coefficient (Wildman–Crippen LogP) is 2.79. The SMILES string of the molecule is Fc1ccc(C=Cc2ccncn2)cc1.